The summed E-state index contributed by atoms with van der Waals surface area (Å²) in [6, 6.07) is 4.17. The summed E-state index contributed by atoms with van der Waals surface area (Å²) < 4.78 is 1.85. The zero-order valence-electron chi connectivity index (χ0n) is 9.47. The van der Waals surface area contributed by atoms with Gasteiger partial charge in [-0.05, 0) is 29.5 Å². The second kappa shape index (κ2) is 4.78. The Bertz CT molecular complexity index is 460. The molecule has 0 bridgehead atoms. The smallest absolute Gasteiger partial charge is 0.0972 e. The third-order valence-corrected chi connectivity index (χ3v) is 3.77. The number of hydrogen-bond donors (Lipinski definition) is 2. The van der Waals surface area contributed by atoms with E-state index in [2.05, 4.69) is 28.9 Å². The molecule has 0 fully saturated rings. The van der Waals surface area contributed by atoms with Gasteiger partial charge in [0, 0.05) is 18.1 Å². The maximum atomic E-state index is 5.66. The Labute approximate surface area is 99.1 Å². The molecule has 0 aromatic carbocycles. The van der Waals surface area contributed by atoms with E-state index < -0.39 is 0 Å². The summed E-state index contributed by atoms with van der Waals surface area (Å²) in [4.78, 5) is 1.27. The number of hydrogen-bond acceptors (Lipinski definition) is 4. The number of nitrogens with one attached hydrogen (secondary N) is 1. The number of rotatable bonds is 4. The zero-order chi connectivity index (χ0) is 11.5. The lowest BCUT2D eigenvalue weighted by molar-refractivity contribution is 0.579. The van der Waals surface area contributed by atoms with Crippen LogP contribution in [0.15, 0.2) is 23.7 Å². The predicted molar refractivity (Wildman–Crippen MR) is 66.1 cm³/mol. The van der Waals surface area contributed by atoms with Gasteiger partial charge in [0.1, 0.15) is 0 Å². The predicted octanol–water partition coefficient (Wildman–Crippen LogP) is 1.60. The van der Waals surface area contributed by atoms with Gasteiger partial charge in [0.15, 0.2) is 0 Å². The summed E-state index contributed by atoms with van der Waals surface area (Å²) >= 11 is 1.73. The quantitative estimate of drug-likeness (QED) is 0.626. The van der Waals surface area contributed by atoms with Crippen LogP contribution in [-0.2, 0) is 13.5 Å². The van der Waals surface area contributed by atoms with Gasteiger partial charge in [-0.15, -0.1) is 11.3 Å². The number of aromatic nitrogens is 2. The van der Waals surface area contributed by atoms with Crippen molar-refractivity contribution < 1.29 is 0 Å². The molecule has 16 heavy (non-hydrogen) atoms. The van der Waals surface area contributed by atoms with E-state index >= 15 is 0 Å². The highest BCUT2D eigenvalue weighted by Gasteiger charge is 2.19. The van der Waals surface area contributed by atoms with Crippen LogP contribution in [0.2, 0.25) is 0 Å². The Balaban J connectivity index is 2.40. The molecule has 2 heterocycles. The third kappa shape index (κ3) is 1.89. The molecule has 2 aromatic rings. The molecular weight excluding hydrogens is 220 g/mol. The molecule has 0 aliphatic rings. The first kappa shape index (κ1) is 11.3. The number of hydrazine groups is 1. The maximum Gasteiger partial charge on any atom is 0.0972 e. The van der Waals surface area contributed by atoms with Crippen LogP contribution >= 0.6 is 11.3 Å². The molecule has 0 aliphatic heterocycles. The van der Waals surface area contributed by atoms with Crippen molar-refractivity contribution in [2.45, 2.75) is 19.4 Å². The fraction of sp³-hybridized carbons (Fsp3) is 0.364. The van der Waals surface area contributed by atoms with Gasteiger partial charge in [-0.1, -0.05) is 6.92 Å². The molecule has 0 radical (unpaired) electrons. The van der Waals surface area contributed by atoms with Crippen LogP contribution in [0.1, 0.15) is 29.1 Å². The molecule has 0 aliphatic carbocycles. The topological polar surface area (TPSA) is 55.9 Å². The van der Waals surface area contributed by atoms with Gasteiger partial charge in [-0.2, -0.15) is 5.10 Å². The second-order valence-electron chi connectivity index (χ2n) is 3.64. The minimum Gasteiger partial charge on any atom is -0.271 e. The van der Waals surface area contributed by atoms with Crippen LogP contribution in [0.25, 0.3) is 0 Å². The minimum absolute atomic E-state index is 0.0300. The molecule has 1 atom stereocenters. The van der Waals surface area contributed by atoms with E-state index in [1.807, 2.05) is 17.8 Å². The van der Waals surface area contributed by atoms with Crippen LogP contribution < -0.4 is 11.3 Å². The maximum absolute atomic E-state index is 5.66. The van der Waals surface area contributed by atoms with Crippen molar-refractivity contribution in [2.24, 2.45) is 12.9 Å². The molecule has 2 rings (SSSR count). The van der Waals surface area contributed by atoms with Crippen LogP contribution in [0.3, 0.4) is 0 Å². The summed E-state index contributed by atoms with van der Waals surface area (Å²) in [7, 11) is 1.93. The molecule has 2 aromatic heterocycles. The largest absolute Gasteiger partial charge is 0.271 e. The van der Waals surface area contributed by atoms with Gasteiger partial charge < -0.3 is 0 Å². The molecule has 0 saturated heterocycles. The lowest BCUT2D eigenvalue weighted by Crippen LogP contribution is -2.30. The van der Waals surface area contributed by atoms with Gasteiger partial charge in [-0.25, -0.2) is 5.43 Å². The summed E-state index contributed by atoms with van der Waals surface area (Å²) in [5.74, 6) is 5.66. The molecule has 0 spiro atoms. The van der Waals surface area contributed by atoms with E-state index in [-0.39, 0.29) is 6.04 Å². The highest BCUT2D eigenvalue weighted by Crippen LogP contribution is 2.29. The first-order valence-corrected chi connectivity index (χ1v) is 6.16. The van der Waals surface area contributed by atoms with E-state index in [1.54, 1.807) is 17.5 Å². The Hall–Kier alpha value is -1.17. The number of thiophene rings is 1. The van der Waals surface area contributed by atoms with E-state index in [0.717, 1.165) is 12.1 Å². The molecular formula is C11H16N4S. The number of aryl methyl sites for hydroxylation is 2. The Morgan fingerprint density at radius 3 is 2.94 bits per heavy atom. The van der Waals surface area contributed by atoms with Crippen LogP contribution in [0.4, 0.5) is 0 Å². The van der Waals surface area contributed by atoms with E-state index in [4.69, 9.17) is 5.84 Å². The van der Waals surface area contributed by atoms with Crippen molar-refractivity contribution >= 4 is 11.3 Å². The monoisotopic (exact) mass is 236 g/mol. The molecule has 86 valence electrons. The van der Waals surface area contributed by atoms with Crippen molar-refractivity contribution in [1.82, 2.24) is 15.2 Å². The Morgan fingerprint density at radius 2 is 2.38 bits per heavy atom. The van der Waals surface area contributed by atoms with Crippen molar-refractivity contribution in [3.05, 3.63) is 39.8 Å². The lowest BCUT2D eigenvalue weighted by Gasteiger charge is -2.16. The lowest BCUT2D eigenvalue weighted by atomic mass is 10.1. The Kier molecular flexibility index (Phi) is 3.38. The molecule has 0 amide bonds. The SMILES string of the molecule is CCc1ccsc1C(NN)c1ccnn1C. The fourth-order valence-corrected chi connectivity index (χ4v) is 2.92. The molecule has 3 N–H and O–H groups in total. The molecule has 0 saturated carbocycles. The van der Waals surface area contributed by atoms with E-state index in [1.165, 1.54) is 10.4 Å². The first-order chi connectivity index (χ1) is 7.77. The van der Waals surface area contributed by atoms with Crippen LogP contribution in [-0.4, -0.2) is 9.78 Å². The van der Waals surface area contributed by atoms with Gasteiger partial charge in [0.05, 0.1) is 11.7 Å². The third-order valence-electron chi connectivity index (χ3n) is 2.75. The second-order valence-corrected chi connectivity index (χ2v) is 4.59. The first-order valence-electron chi connectivity index (χ1n) is 5.28. The van der Waals surface area contributed by atoms with Crippen molar-refractivity contribution in [1.29, 1.82) is 0 Å². The minimum atomic E-state index is 0.0300. The summed E-state index contributed by atoms with van der Waals surface area (Å²) in [5.41, 5.74) is 5.30. The van der Waals surface area contributed by atoms with Gasteiger partial charge in [-0.3, -0.25) is 10.5 Å². The molecule has 1 unspecified atom stereocenters. The average molecular weight is 236 g/mol. The fourth-order valence-electron chi connectivity index (χ4n) is 1.86. The van der Waals surface area contributed by atoms with Crippen molar-refractivity contribution in [3.63, 3.8) is 0 Å². The van der Waals surface area contributed by atoms with E-state index in [0.29, 0.717) is 0 Å². The highest BCUT2D eigenvalue weighted by molar-refractivity contribution is 7.10. The normalized spacial score (nSPS) is 12.9. The van der Waals surface area contributed by atoms with Crippen LogP contribution in [0.5, 0.6) is 0 Å². The summed E-state index contributed by atoms with van der Waals surface area (Å²) in [6.45, 7) is 2.16. The summed E-state index contributed by atoms with van der Waals surface area (Å²) in [6.07, 6.45) is 2.81. The highest BCUT2D eigenvalue weighted by atomic mass is 32.1. The number of nitrogens with two attached hydrogens (primary N) is 1. The van der Waals surface area contributed by atoms with Gasteiger partial charge in [0.2, 0.25) is 0 Å². The number of nitrogens with zero attached hydrogens (tertiary/aromatic N) is 2. The zero-order valence-corrected chi connectivity index (χ0v) is 10.3. The molecule has 4 nitrogen and oxygen atoms in total. The van der Waals surface area contributed by atoms with Gasteiger partial charge >= 0.3 is 0 Å². The standard InChI is InChI=1S/C11H16N4S/c1-3-8-5-7-16-11(8)10(14-12)9-4-6-13-15(9)2/h4-7,10,14H,3,12H2,1-2H3. The van der Waals surface area contributed by atoms with Crippen LogP contribution in [0, 0.1) is 0 Å². The average Bonchev–Trinajstić information content (AvgIpc) is 2.90. The Morgan fingerprint density at radius 1 is 1.56 bits per heavy atom. The van der Waals surface area contributed by atoms with Gasteiger partial charge in [0.25, 0.3) is 0 Å². The molecule has 5 heteroatoms. The van der Waals surface area contributed by atoms with Crippen molar-refractivity contribution in [2.75, 3.05) is 0 Å². The summed E-state index contributed by atoms with van der Waals surface area (Å²) in [5, 5.41) is 6.28. The van der Waals surface area contributed by atoms with E-state index in [9.17, 15) is 0 Å². The van der Waals surface area contributed by atoms with Crippen molar-refractivity contribution in [3.8, 4) is 0 Å².